The minimum atomic E-state index is -1.40. The maximum absolute atomic E-state index is 14.9. The number of amides is 3. The van der Waals surface area contributed by atoms with Gasteiger partial charge in [0, 0.05) is 43.2 Å². The van der Waals surface area contributed by atoms with Crippen LogP contribution in [0.1, 0.15) is 41.0 Å². The molecular formula is C37H46N4O5. The molecule has 3 amide bonds. The lowest BCUT2D eigenvalue weighted by atomic mass is 9.74. The SMILES string of the molecule is CC[C@H](C)[C@H](CO)N1C(=O)[C@@H]2[C@@H]3C(=O)N(c4ccccc4)CC=C[C@]3(C)O[C@@]23C=CCN(c2ccc(N(CC)CC)cc2)C(=O)C13. The van der Waals surface area contributed by atoms with E-state index in [2.05, 4.69) is 18.7 Å². The Hall–Kier alpha value is -3.95. The molecule has 4 heterocycles. The van der Waals surface area contributed by atoms with Crippen molar-refractivity contribution in [2.75, 3.05) is 47.5 Å². The molecule has 2 aromatic carbocycles. The summed E-state index contributed by atoms with van der Waals surface area (Å²) in [6, 6.07) is 15.7. The fourth-order valence-electron chi connectivity index (χ4n) is 8.14. The number of nitrogens with zero attached hydrogens (tertiary/aromatic N) is 4. The molecule has 1 unspecified atom stereocenters. The Morgan fingerprint density at radius 2 is 1.46 bits per heavy atom. The van der Waals surface area contributed by atoms with Crippen LogP contribution in [0.4, 0.5) is 17.1 Å². The Morgan fingerprint density at radius 1 is 0.848 bits per heavy atom. The first-order chi connectivity index (χ1) is 22.2. The van der Waals surface area contributed by atoms with E-state index in [0.29, 0.717) is 18.7 Å². The monoisotopic (exact) mass is 626 g/mol. The van der Waals surface area contributed by atoms with E-state index in [4.69, 9.17) is 4.74 Å². The maximum Gasteiger partial charge on any atom is 0.253 e. The molecule has 244 valence electrons. The third-order valence-corrected chi connectivity index (χ3v) is 10.7. The molecule has 7 atom stereocenters. The zero-order chi connectivity index (χ0) is 32.8. The van der Waals surface area contributed by atoms with Crippen molar-refractivity contribution in [1.29, 1.82) is 0 Å². The predicted octanol–water partition coefficient (Wildman–Crippen LogP) is 4.42. The molecule has 0 radical (unpaired) electrons. The van der Waals surface area contributed by atoms with E-state index in [1.807, 2.05) is 99.7 Å². The summed E-state index contributed by atoms with van der Waals surface area (Å²) in [5.41, 5.74) is -0.00237. The molecule has 0 saturated carbocycles. The second kappa shape index (κ2) is 12.3. The standard InChI is InChI=1S/C37H46N4O5/c1-6-25(4)29(24-42)41-32-35(45)40(28-18-16-26(17-19-28)38(7-2)8-3)23-13-21-37(32)31(34(41)44)30-33(43)39(27-14-10-9-11-15-27)22-12-20-36(30,5)46-37/h9-21,25,29-32,42H,6-8,22-24H2,1-5H3/t25-,29-,30+,31-,32?,36-,37-/m0/s1. The minimum absolute atomic E-state index is 0.0939. The van der Waals surface area contributed by atoms with E-state index in [-0.39, 0.29) is 36.8 Å². The third kappa shape index (κ3) is 4.86. The highest BCUT2D eigenvalue weighted by atomic mass is 16.5. The molecule has 0 aromatic heterocycles. The summed E-state index contributed by atoms with van der Waals surface area (Å²) >= 11 is 0. The summed E-state index contributed by atoms with van der Waals surface area (Å²) in [4.78, 5) is 51.6. The van der Waals surface area contributed by atoms with Crippen molar-refractivity contribution >= 4 is 34.8 Å². The quantitative estimate of drug-likeness (QED) is 0.415. The molecule has 2 saturated heterocycles. The van der Waals surface area contributed by atoms with E-state index in [9.17, 15) is 19.5 Å². The summed E-state index contributed by atoms with van der Waals surface area (Å²) in [5, 5.41) is 10.7. The van der Waals surface area contributed by atoms with Crippen LogP contribution in [0.25, 0.3) is 0 Å². The molecule has 46 heavy (non-hydrogen) atoms. The molecule has 0 aliphatic carbocycles. The van der Waals surface area contributed by atoms with Crippen molar-refractivity contribution in [1.82, 2.24) is 4.90 Å². The summed E-state index contributed by atoms with van der Waals surface area (Å²) in [7, 11) is 0. The average molecular weight is 627 g/mol. The number of hydrogen-bond acceptors (Lipinski definition) is 6. The van der Waals surface area contributed by atoms with Crippen LogP contribution in [0.5, 0.6) is 0 Å². The van der Waals surface area contributed by atoms with E-state index >= 15 is 0 Å². The second-order valence-corrected chi connectivity index (χ2v) is 13.1. The lowest BCUT2D eigenvalue weighted by molar-refractivity contribution is -0.149. The van der Waals surface area contributed by atoms with Crippen LogP contribution >= 0.6 is 0 Å². The summed E-state index contributed by atoms with van der Waals surface area (Å²) in [5.74, 6) is -2.75. The lowest BCUT2D eigenvalue weighted by Gasteiger charge is -2.41. The summed E-state index contributed by atoms with van der Waals surface area (Å²) < 4.78 is 7.01. The topological polar surface area (TPSA) is 93.6 Å². The van der Waals surface area contributed by atoms with E-state index in [1.54, 1.807) is 14.7 Å². The van der Waals surface area contributed by atoms with Crippen LogP contribution in [-0.4, -0.2) is 83.8 Å². The largest absolute Gasteiger partial charge is 0.394 e. The number of aliphatic hydroxyl groups is 1. The van der Waals surface area contributed by atoms with Gasteiger partial charge in [-0.05, 0) is 63.1 Å². The maximum atomic E-state index is 14.9. The molecule has 2 fully saturated rings. The van der Waals surface area contributed by atoms with Crippen molar-refractivity contribution in [2.45, 2.75) is 64.3 Å². The Morgan fingerprint density at radius 3 is 2.07 bits per heavy atom. The molecule has 0 bridgehead atoms. The number of likely N-dealkylation sites (tertiary alicyclic amines) is 1. The molecule has 4 aliphatic heterocycles. The van der Waals surface area contributed by atoms with Gasteiger partial charge in [0.1, 0.15) is 11.6 Å². The number of aliphatic hydroxyl groups excluding tert-OH is 1. The number of carbonyl (C=O) groups excluding carboxylic acids is 3. The molecule has 9 heteroatoms. The number of para-hydroxylation sites is 1. The molecule has 1 N–H and O–H groups in total. The zero-order valence-electron chi connectivity index (χ0n) is 27.5. The van der Waals surface area contributed by atoms with Gasteiger partial charge in [-0.1, -0.05) is 62.8 Å². The van der Waals surface area contributed by atoms with Gasteiger partial charge in [-0.3, -0.25) is 14.4 Å². The number of hydrogen-bond donors (Lipinski definition) is 1. The van der Waals surface area contributed by atoms with Gasteiger partial charge in [0.25, 0.3) is 5.91 Å². The Labute approximate surface area is 272 Å². The van der Waals surface area contributed by atoms with Gasteiger partial charge in [-0.2, -0.15) is 0 Å². The van der Waals surface area contributed by atoms with E-state index < -0.39 is 35.1 Å². The molecule has 2 aromatic rings. The van der Waals surface area contributed by atoms with Crippen molar-refractivity contribution in [3.8, 4) is 0 Å². The fourth-order valence-corrected chi connectivity index (χ4v) is 8.14. The Kier molecular flexibility index (Phi) is 8.59. The van der Waals surface area contributed by atoms with Gasteiger partial charge in [0.2, 0.25) is 11.8 Å². The minimum Gasteiger partial charge on any atom is -0.394 e. The van der Waals surface area contributed by atoms with Crippen LogP contribution in [0.2, 0.25) is 0 Å². The first kappa shape index (κ1) is 32.0. The van der Waals surface area contributed by atoms with Crippen molar-refractivity contribution in [3.63, 3.8) is 0 Å². The number of anilines is 3. The number of carbonyl (C=O) groups is 3. The molecule has 6 rings (SSSR count). The van der Waals surface area contributed by atoms with E-state index in [0.717, 1.165) is 24.5 Å². The van der Waals surface area contributed by atoms with E-state index in [1.165, 1.54) is 0 Å². The molecule has 1 spiro atoms. The van der Waals surface area contributed by atoms with Crippen molar-refractivity contribution < 1.29 is 24.2 Å². The smallest absolute Gasteiger partial charge is 0.253 e. The van der Waals surface area contributed by atoms with Gasteiger partial charge in [0.05, 0.1) is 30.1 Å². The highest BCUT2D eigenvalue weighted by molar-refractivity contribution is 6.07. The second-order valence-electron chi connectivity index (χ2n) is 13.1. The fraction of sp³-hybridized carbons (Fsp3) is 0.486. The van der Waals surface area contributed by atoms with Crippen molar-refractivity contribution in [3.05, 3.63) is 78.9 Å². The van der Waals surface area contributed by atoms with Crippen LogP contribution in [0.3, 0.4) is 0 Å². The Balaban J connectivity index is 1.47. The van der Waals surface area contributed by atoms with Gasteiger partial charge in [-0.25, -0.2) is 0 Å². The predicted molar refractivity (Wildman–Crippen MR) is 180 cm³/mol. The van der Waals surface area contributed by atoms with Gasteiger partial charge in [0.15, 0.2) is 0 Å². The number of rotatable bonds is 9. The van der Waals surface area contributed by atoms with Crippen LogP contribution in [0, 0.1) is 17.8 Å². The molecule has 4 aliphatic rings. The van der Waals surface area contributed by atoms with Gasteiger partial charge in [-0.15, -0.1) is 0 Å². The van der Waals surface area contributed by atoms with Crippen LogP contribution in [-0.2, 0) is 19.1 Å². The van der Waals surface area contributed by atoms with Crippen molar-refractivity contribution in [2.24, 2.45) is 17.8 Å². The van der Waals surface area contributed by atoms with Gasteiger partial charge >= 0.3 is 0 Å². The van der Waals surface area contributed by atoms with Gasteiger partial charge < -0.3 is 29.4 Å². The zero-order valence-corrected chi connectivity index (χ0v) is 27.5. The highest BCUT2D eigenvalue weighted by Crippen LogP contribution is 2.58. The normalized spacial score (nSPS) is 30.1. The molecular weight excluding hydrogens is 580 g/mol. The number of ether oxygens (including phenoxy) is 1. The lowest BCUT2D eigenvalue weighted by Crippen LogP contribution is -2.60. The average Bonchev–Trinajstić information content (AvgIpc) is 3.33. The Bertz CT molecular complexity index is 1520. The first-order valence-corrected chi connectivity index (χ1v) is 16.7. The van der Waals surface area contributed by atoms with Crippen LogP contribution in [0.15, 0.2) is 78.9 Å². The third-order valence-electron chi connectivity index (χ3n) is 10.7. The summed E-state index contributed by atoms with van der Waals surface area (Å²) in [6.07, 6.45) is 8.27. The first-order valence-electron chi connectivity index (χ1n) is 16.7. The van der Waals surface area contributed by atoms with Crippen LogP contribution < -0.4 is 14.7 Å². The number of benzene rings is 2. The number of fused-ring (bicyclic) bond motifs is 2. The highest BCUT2D eigenvalue weighted by Gasteiger charge is 2.75. The summed E-state index contributed by atoms with van der Waals surface area (Å²) in [6.45, 7) is 12.1. The molecule has 9 nitrogen and oxygen atoms in total.